The van der Waals surface area contributed by atoms with Crippen LogP contribution in [0.15, 0.2) is 36.4 Å². The Hall–Kier alpha value is -2.73. The maximum absolute atomic E-state index is 11.8. The van der Waals surface area contributed by atoms with E-state index in [0.717, 1.165) is 36.6 Å². The van der Waals surface area contributed by atoms with Gasteiger partial charge in [0.15, 0.2) is 11.5 Å². The molecule has 2 aromatic carbocycles. The molecule has 156 valence electrons. The maximum Gasteiger partial charge on any atom is 0.217 e. The molecule has 6 heteroatoms. The largest absolute Gasteiger partial charge is 0.497 e. The van der Waals surface area contributed by atoms with E-state index < -0.39 is 0 Å². The lowest BCUT2D eigenvalue weighted by Crippen LogP contribution is -2.46. The number of carbonyl (C=O) groups is 1. The molecule has 1 N–H and O–H groups in total. The molecule has 0 aromatic heterocycles. The number of nitrogens with one attached hydrogen (secondary N) is 1. The minimum Gasteiger partial charge on any atom is -0.497 e. The molecule has 1 heterocycles. The van der Waals surface area contributed by atoms with Gasteiger partial charge in [0.05, 0.1) is 27.4 Å². The Morgan fingerprint density at radius 2 is 1.86 bits per heavy atom. The van der Waals surface area contributed by atoms with Crippen molar-refractivity contribution in [3.05, 3.63) is 53.1 Å². The van der Waals surface area contributed by atoms with Crippen molar-refractivity contribution in [3.63, 3.8) is 0 Å². The molecule has 1 amide bonds. The summed E-state index contributed by atoms with van der Waals surface area (Å²) in [7, 11) is 4.98. The average molecular weight is 399 g/mol. The zero-order valence-electron chi connectivity index (χ0n) is 17.8. The van der Waals surface area contributed by atoms with E-state index in [1.54, 1.807) is 28.3 Å². The van der Waals surface area contributed by atoms with E-state index in [4.69, 9.17) is 14.2 Å². The molecule has 1 aliphatic rings. The van der Waals surface area contributed by atoms with Crippen LogP contribution in [0, 0.1) is 0 Å². The van der Waals surface area contributed by atoms with Crippen molar-refractivity contribution in [1.29, 1.82) is 0 Å². The smallest absolute Gasteiger partial charge is 0.217 e. The Balaban J connectivity index is 1.99. The van der Waals surface area contributed by atoms with Crippen LogP contribution in [0.25, 0.3) is 0 Å². The predicted octanol–water partition coefficient (Wildman–Crippen LogP) is 3.34. The second-order valence-corrected chi connectivity index (χ2v) is 7.41. The summed E-state index contributed by atoms with van der Waals surface area (Å²) in [5.74, 6) is 2.25. The molecule has 0 saturated heterocycles. The molecular weight excluding hydrogens is 368 g/mol. The van der Waals surface area contributed by atoms with E-state index in [2.05, 4.69) is 41.4 Å². The van der Waals surface area contributed by atoms with E-state index in [1.165, 1.54) is 11.1 Å². The van der Waals surface area contributed by atoms with E-state index in [-0.39, 0.29) is 18.0 Å². The molecule has 0 saturated carbocycles. The number of methoxy groups -OCH3 is 3. The summed E-state index contributed by atoms with van der Waals surface area (Å²) in [5.41, 5.74) is 3.57. The molecule has 29 heavy (non-hydrogen) atoms. The average Bonchev–Trinajstić information content (AvgIpc) is 2.72. The number of amides is 1. The molecule has 2 atom stereocenters. The number of rotatable bonds is 7. The first-order valence-electron chi connectivity index (χ1n) is 9.85. The summed E-state index contributed by atoms with van der Waals surface area (Å²) in [4.78, 5) is 14.2. The van der Waals surface area contributed by atoms with Gasteiger partial charge >= 0.3 is 0 Å². The highest BCUT2D eigenvalue weighted by molar-refractivity contribution is 5.73. The summed E-state index contributed by atoms with van der Waals surface area (Å²) in [6, 6.07) is 12.2. The highest BCUT2D eigenvalue weighted by atomic mass is 16.5. The van der Waals surface area contributed by atoms with Gasteiger partial charge in [-0.1, -0.05) is 12.1 Å². The summed E-state index contributed by atoms with van der Waals surface area (Å²) >= 11 is 0. The Morgan fingerprint density at radius 3 is 2.52 bits per heavy atom. The number of ether oxygens (including phenoxy) is 3. The lowest BCUT2D eigenvalue weighted by atomic mass is 9.87. The number of carbonyl (C=O) groups excluding carboxylic acids is 1. The van der Waals surface area contributed by atoms with Crippen molar-refractivity contribution >= 4 is 5.91 Å². The van der Waals surface area contributed by atoms with Crippen LogP contribution in [0.4, 0.5) is 0 Å². The van der Waals surface area contributed by atoms with Crippen molar-refractivity contribution in [3.8, 4) is 17.2 Å². The van der Waals surface area contributed by atoms with Gasteiger partial charge in [-0.05, 0) is 54.3 Å². The Kier molecular flexibility index (Phi) is 6.64. The van der Waals surface area contributed by atoms with Crippen LogP contribution in [0.3, 0.4) is 0 Å². The van der Waals surface area contributed by atoms with Gasteiger partial charge in [0.25, 0.3) is 0 Å². The lowest BCUT2D eigenvalue weighted by Gasteiger charge is -2.41. The van der Waals surface area contributed by atoms with Crippen molar-refractivity contribution in [2.45, 2.75) is 38.9 Å². The Bertz CT molecular complexity index is 868. The third-order valence-electron chi connectivity index (χ3n) is 5.45. The standard InChI is InChI=1S/C23H30N2O4/c1-15(24-16(2)26)23-20-13-22(29-5)21(28-4)12-18(20)9-10-25(23)14-17-7-6-8-19(11-17)27-3/h6-8,11-13,15,23H,9-10,14H2,1-5H3,(H,24,26)/t15-,23+/m1/s1. The molecule has 0 unspecified atom stereocenters. The number of hydrogen-bond donors (Lipinski definition) is 1. The lowest BCUT2D eigenvalue weighted by molar-refractivity contribution is -0.120. The predicted molar refractivity (Wildman–Crippen MR) is 113 cm³/mol. The fourth-order valence-corrected chi connectivity index (χ4v) is 4.20. The fraction of sp³-hybridized carbons (Fsp3) is 0.435. The van der Waals surface area contributed by atoms with Crippen LogP contribution >= 0.6 is 0 Å². The number of fused-ring (bicyclic) bond motifs is 1. The van der Waals surface area contributed by atoms with Crippen molar-refractivity contribution in [2.75, 3.05) is 27.9 Å². The van der Waals surface area contributed by atoms with Crippen LogP contribution in [0.2, 0.25) is 0 Å². The summed E-state index contributed by atoms with van der Waals surface area (Å²) < 4.78 is 16.4. The zero-order chi connectivity index (χ0) is 21.0. The van der Waals surface area contributed by atoms with Gasteiger partial charge in [-0.25, -0.2) is 0 Å². The van der Waals surface area contributed by atoms with Gasteiger partial charge in [0.2, 0.25) is 5.91 Å². The topological polar surface area (TPSA) is 60.0 Å². The van der Waals surface area contributed by atoms with E-state index in [9.17, 15) is 4.79 Å². The maximum atomic E-state index is 11.8. The van der Waals surface area contributed by atoms with Crippen LogP contribution in [0.5, 0.6) is 17.2 Å². The first-order chi connectivity index (χ1) is 14.0. The highest BCUT2D eigenvalue weighted by Gasteiger charge is 2.33. The van der Waals surface area contributed by atoms with Crippen LogP contribution < -0.4 is 19.5 Å². The molecule has 2 aromatic rings. The zero-order valence-corrected chi connectivity index (χ0v) is 17.8. The van der Waals surface area contributed by atoms with E-state index >= 15 is 0 Å². The first-order valence-corrected chi connectivity index (χ1v) is 9.85. The molecule has 0 radical (unpaired) electrons. The monoisotopic (exact) mass is 398 g/mol. The number of nitrogens with zero attached hydrogens (tertiary/aromatic N) is 1. The van der Waals surface area contributed by atoms with Crippen LogP contribution in [-0.4, -0.2) is 44.7 Å². The van der Waals surface area contributed by atoms with Gasteiger partial charge in [0, 0.05) is 26.1 Å². The molecular formula is C23H30N2O4. The molecule has 6 nitrogen and oxygen atoms in total. The van der Waals surface area contributed by atoms with Gasteiger partial charge in [0.1, 0.15) is 5.75 Å². The van der Waals surface area contributed by atoms with Gasteiger partial charge in [-0.2, -0.15) is 0 Å². The quantitative estimate of drug-likeness (QED) is 0.775. The van der Waals surface area contributed by atoms with Crippen molar-refractivity contribution < 1.29 is 19.0 Å². The molecule has 0 aliphatic carbocycles. The van der Waals surface area contributed by atoms with Crippen molar-refractivity contribution in [2.24, 2.45) is 0 Å². The summed E-state index contributed by atoms with van der Waals surface area (Å²) in [6.45, 7) is 5.26. The molecule has 0 spiro atoms. The summed E-state index contributed by atoms with van der Waals surface area (Å²) in [5, 5.41) is 3.08. The third kappa shape index (κ3) is 4.65. The Morgan fingerprint density at radius 1 is 1.14 bits per heavy atom. The van der Waals surface area contributed by atoms with Crippen LogP contribution in [-0.2, 0) is 17.8 Å². The molecule has 1 aliphatic heterocycles. The van der Waals surface area contributed by atoms with Gasteiger partial charge < -0.3 is 19.5 Å². The minimum absolute atomic E-state index is 0.0219. The van der Waals surface area contributed by atoms with Gasteiger partial charge in [-0.3, -0.25) is 9.69 Å². The minimum atomic E-state index is -0.0599. The number of hydrogen-bond acceptors (Lipinski definition) is 5. The van der Waals surface area contributed by atoms with Crippen molar-refractivity contribution in [1.82, 2.24) is 10.2 Å². The molecule has 0 fully saturated rings. The second kappa shape index (κ2) is 9.18. The first kappa shape index (κ1) is 21.0. The molecule has 3 rings (SSSR count). The van der Waals surface area contributed by atoms with Gasteiger partial charge in [-0.15, -0.1) is 0 Å². The third-order valence-corrected chi connectivity index (χ3v) is 5.45. The normalized spacial score (nSPS) is 17.2. The highest BCUT2D eigenvalue weighted by Crippen LogP contribution is 2.40. The second-order valence-electron chi connectivity index (χ2n) is 7.41. The van der Waals surface area contributed by atoms with E-state index in [0.29, 0.717) is 5.75 Å². The van der Waals surface area contributed by atoms with Crippen LogP contribution in [0.1, 0.15) is 36.6 Å². The number of benzene rings is 2. The Labute approximate surface area is 172 Å². The SMILES string of the molecule is COc1cccc(CN2CCc3cc(OC)c(OC)cc3[C@@H]2[C@@H](C)NC(C)=O)c1. The molecule has 0 bridgehead atoms. The summed E-state index contributed by atoms with van der Waals surface area (Å²) in [6.07, 6.45) is 0.906. The van der Waals surface area contributed by atoms with E-state index in [1.807, 2.05) is 12.1 Å². The fourth-order valence-electron chi connectivity index (χ4n) is 4.20.